The molecule has 2 aliphatic heterocycles. The van der Waals surface area contributed by atoms with Crippen LogP contribution in [0.5, 0.6) is 0 Å². The fraction of sp³-hybridized carbons (Fsp3) is 0.526. The predicted octanol–water partition coefficient (Wildman–Crippen LogP) is 1.89. The lowest BCUT2D eigenvalue weighted by atomic mass is 9.64. The van der Waals surface area contributed by atoms with Crippen molar-refractivity contribution in [3.8, 4) is 0 Å². The van der Waals surface area contributed by atoms with Gasteiger partial charge in [-0.1, -0.05) is 18.6 Å². The van der Waals surface area contributed by atoms with E-state index in [0.717, 1.165) is 30.5 Å². The van der Waals surface area contributed by atoms with E-state index < -0.39 is 11.5 Å². The van der Waals surface area contributed by atoms with Gasteiger partial charge in [-0.05, 0) is 30.5 Å². The highest BCUT2D eigenvalue weighted by Crippen LogP contribution is 2.45. The van der Waals surface area contributed by atoms with Crippen molar-refractivity contribution in [2.45, 2.75) is 30.7 Å². The number of anilines is 1. The number of amides is 3. The molecule has 3 aliphatic rings. The van der Waals surface area contributed by atoms with Crippen LogP contribution >= 0.6 is 0 Å². The van der Waals surface area contributed by atoms with Crippen molar-refractivity contribution < 1.29 is 24.2 Å². The van der Waals surface area contributed by atoms with Gasteiger partial charge in [-0.2, -0.15) is 0 Å². The van der Waals surface area contributed by atoms with Gasteiger partial charge in [0.15, 0.2) is 0 Å². The van der Waals surface area contributed by atoms with Crippen molar-refractivity contribution in [1.82, 2.24) is 9.80 Å². The average molecular weight is 373 g/mol. The number of nitrogens with zero attached hydrogens (tertiary/aromatic N) is 3. The van der Waals surface area contributed by atoms with Gasteiger partial charge in [0.2, 0.25) is 0 Å². The Morgan fingerprint density at radius 1 is 1.15 bits per heavy atom. The van der Waals surface area contributed by atoms with Crippen molar-refractivity contribution in [3.05, 3.63) is 29.8 Å². The molecule has 4 rings (SSSR count). The van der Waals surface area contributed by atoms with Crippen LogP contribution in [0.1, 0.15) is 24.8 Å². The number of ether oxygens (including phenoxy) is 1. The number of benzene rings is 1. The van der Waals surface area contributed by atoms with E-state index in [4.69, 9.17) is 4.74 Å². The molecular weight excluding hydrogens is 350 g/mol. The lowest BCUT2D eigenvalue weighted by Gasteiger charge is -2.39. The van der Waals surface area contributed by atoms with Crippen molar-refractivity contribution >= 4 is 23.8 Å². The summed E-state index contributed by atoms with van der Waals surface area (Å²) in [7, 11) is 1.41. The zero-order chi connectivity index (χ0) is 19.2. The highest BCUT2D eigenvalue weighted by molar-refractivity contribution is 5.95. The normalized spacial score (nSPS) is 23.7. The van der Waals surface area contributed by atoms with E-state index >= 15 is 0 Å². The fourth-order valence-electron chi connectivity index (χ4n) is 4.39. The van der Waals surface area contributed by atoms with Crippen LogP contribution in [0.4, 0.5) is 15.3 Å². The molecule has 144 valence electrons. The Bertz CT molecular complexity index is 774. The number of piperazine rings is 1. The van der Waals surface area contributed by atoms with Gasteiger partial charge in [0.1, 0.15) is 0 Å². The highest BCUT2D eigenvalue weighted by Gasteiger charge is 2.47. The topological polar surface area (TPSA) is 90.4 Å². The molecule has 1 atom stereocenters. The average Bonchev–Trinajstić information content (AvgIpc) is 2.97. The quantitative estimate of drug-likeness (QED) is 0.817. The Labute approximate surface area is 157 Å². The second kappa shape index (κ2) is 6.44. The van der Waals surface area contributed by atoms with Gasteiger partial charge in [0, 0.05) is 31.9 Å². The minimum Gasteiger partial charge on any atom is -0.468 e. The Kier molecular flexibility index (Phi) is 4.20. The molecule has 8 heteroatoms. The number of fused-ring (bicyclic) bond motifs is 1. The first-order valence-electron chi connectivity index (χ1n) is 9.21. The predicted molar refractivity (Wildman–Crippen MR) is 96.8 cm³/mol. The Balaban J connectivity index is 1.52. The number of methoxy groups -OCH3 is 1. The van der Waals surface area contributed by atoms with E-state index in [1.807, 2.05) is 24.3 Å². The van der Waals surface area contributed by atoms with E-state index in [-0.39, 0.29) is 18.0 Å². The van der Waals surface area contributed by atoms with E-state index in [9.17, 15) is 19.5 Å². The van der Waals surface area contributed by atoms with Gasteiger partial charge >= 0.3 is 18.1 Å². The summed E-state index contributed by atoms with van der Waals surface area (Å²) in [4.78, 5) is 40.9. The zero-order valence-corrected chi connectivity index (χ0v) is 15.3. The summed E-state index contributed by atoms with van der Waals surface area (Å²) in [6.07, 6.45) is 1.61. The van der Waals surface area contributed by atoms with E-state index in [2.05, 4.69) is 0 Å². The summed E-state index contributed by atoms with van der Waals surface area (Å²) in [5.41, 5.74) is 1.13. The van der Waals surface area contributed by atoms with Gasteiger partial charge in [0.05, 0.1) is 18.6 Å². The molecule has 3 fully saturated rings. The number of carbonyl (C=O) groups is 3. The summed E-state index contributed by atoms with van der Waals surface area (Å²) in [5, 5.41) is 9.18. The molecule has 1 N–H and O–H groups in total. The van der Waals surface area contributed by atoms with E-state index in [1.54, 1.807) is 9.80 Å². The maximum atomic E-state index is 12.7. The first-order chi connectivity index (χ1) is 13.0. The van der Waals surface area contributed by atoms with Crippen LogP contribution in [0.25, 0.3) is 0 Å². The summed E-state index contributed by atoms with van der Waals surface area (Å²) < 4.78 is 4.99. The summed E-state index contributed by atoms with van der Waals surface area (Å²) in [6.45, 7) is 1.55. The highest BCUT2D eigenvalue weighted by atomic mass is 16.5. The van der Waals surface area contributed by atoms with Crippen molar-refractivity contribution in [2.75, 3.05) is 38.2 Å². The fourth-order valence-corrected chi connectivity index (χ4v) is 4.39. The van der Waals surface area contributed by atoms with Crippen molar-refractivity contribution in [3.63, 3.8) is 0 Å². The zero-order valence-electron chi connectivity index (χ0n) is 15.3. The summed E-state index contributed by atoms with van der Waals surface area (Å²) >= 11 is 0. The minimum absolute atomic E-state index is 0.0934. The molecule has 8 nitrogen and oxygen atoms in total. The van der Waals surface area contributed by atoms with Gasteiger partial charge in [-0.15, -0.1) is 0 Å². The lowest BCUT2D eigenvalue weighted by Crippen LogP contribution is -2.53. The third-order valence-electron chi connectivity index (χ3n) is 6.14. The third-order valence-corrected chi connectivity index (χ3v) is 6.14. The molecule has 0 radical (unpaired) electrons. The third kappa shape index (κ3) is 2.70. The number of rotatable bonds is 3. The molecule has 1 saturated carbocycles. The number of esters is 1. The second-order valence-corrected chi connectivity index (χ2v) is 7.44. The molecule has 1 aliphatic carbocycles. The molecule has 27 heavy (non-hydrogen) atoms. The number of hydrogen-bond donors (Lipinski definition) is 1. The lowest BCUT2D eigenvalue weighted by molar-refractivity contribution is -0.151. The summed E-state index contributed by atoms with van der Waals surface area (Å²) in [6, 6.07) is 7.31. The maximum Gasteiger partial charge on any atom is 0.407 e. The molecule has 0 aromatic heterocycles. The number of carbonyl (C=O) groups excluding carboxylic acids is 2. The number of carboxylic acid groups (broad SMARTS) is 1. The van der Waals surface area contributed by atoms with Crippen LogP contribution in [-0.4, -0.2) is 72.3 Å². The van der Waals surface area contributed by atoms with Gasteiger partial charge < -0.3 is 19.6 Å². The minimum atomic E-state index is -0.946. The Hall–Kier alpha value is -2.77. The van der Waals surface area contributed by atoms with E-state index in [0.29, 0.717) is 26.2 Å². The number of hydrogen-bond acceptors (Lipinski definition) is 4. The molecule has 1 aromatic rings. The molecule has 1 unspecified atom stereocenters. The second-order valence-electron chi connectivity index (χ2n) is 7.44. The largest absolute Gasteiger partial charge is 0.468 e. The van der Waals surface area contributed by atoms with Gasteiger partial charge in [0.25, 0.3) is 0 Å². The van der Waals surface area contributed by atoms with E-state index in [1.165, 1.54) is 12.0 Å². The summed E-state index contributed by atoms with van der Waals surface area (Å²) in [5.74, 6) is -0.204. The SMILES string of the molecule is COC(=O)C1(c2ccc(N3CC4CN(C(=O)O)CCN4C3=O)cc2)CCC1. The number of urea groups is 1. The van der Waals surface area contributed by atoms with Crippen LogP contribution in [0.15, 0.2) is 24.3 Å². The van der Waals surface area contributed by atoms with Crippen LogP contribution in [0.2, 0.25) is 0 Å². The molecule has 3 amide bonds. The van der Waals surface area contributed by atoms with Crippen LogP contribution in [0.3, 0.4) is 0 Å². The maximum absolute atomic E-state index is 12.7. The molecular formula is C19H23N3O5. The van der Waals surface area contributed by atoms with Crippen molar-refractivity contribution in [2.24, 2.45) is 0 Å². The molecule has 0 spiro atoms. The van der Waals surface area contributed by atoms with Gasteiger partial charge in [-0.25, -0.2) is 9.59 Å². The smallest absolute Gasteiger partial charge is 0.407 e. The van der Waals surface area contributed by atoms with Crippen LogP contribution in [-0.2, 0) is 14.9 Å². The first kappa shape index (κ1) is 17.6. The Morgan fingerprint density at radius 3 is 2.41 bits per heavy atom. The van der Waals surface area contributed by atoms with Crippen LogP contribution in [0, 0.1) is 0 Å². The monoisotopic (exact) mass is 373 g/mol. The first-order valence-corrected chi connectivity index (χ1v) is 9.21. The molecule has 0 bridgehead atoms. The molecule has 1 aromatic carbocycles. The van der Waals surface area contributed by atoms with Crippen LogP contribution < -0.4 is 4.90 Å². The Morgan fingerprint density at radius 2 is 1.85 bits per heavy atom. The van der Waals surface area contributed by atoms with Crippen molar-refractivity contribution in [1.29, 1.82) is 0 Å². The molecule has 2 saturated heterocycles. The molecule has 2 heterocycles. The van der Waals surface area contributed by atoms with Gasteiger partial charge in [-0.3, -0.25) is 9.69 Å². The standard InChI is InChI=1S/C19H23N3O5/c1-27-16(23)19(7-2-8-19)13-3-5-14(6-4-13)22-12-15-11-20(18(25)26)9-10-21(15)17(22)24/h3-6,15H,2,7-12H2,1H3,(H,25,26).